The van der Waals surface area contributed by atoms with Crippen molar-refractivity contribution in [2.24, 2.45) is 0 Å². The van der Waals surface area contributed by atoms with Gasteiger partial charge in [-0.3, -0.25) is 14.5 Å². The van der Waals surface area contributed by atoms with Crippen LogP contribution in [0.15, 0.2) is 65.7 Å². The van der Waals surface area contributed by atoms with Gasteiger partial charge in [-0.15, -0.1) is 11.3 Å². The van der Waals surface area contributed by atoms with Crippen LogP contribution in [0.25, 0.3) is 5.76 Å². The van der Waals surface area contributed by atoms with Gasteiger partial charge in [0.2, 0.25) is 0 Å². The molecule has 7 heteroatoms. The number of aliphatic hydroxyl groups excluding tert-OH is 1. The molecule has 0 unspecified atom stereocenters. The number of thiazole rings is 1. The second-order valence-electron chi connectivity index (χ2n) is 7.35. The largest absolute Gasteiger partial charge is 0.507 e. The first-order valence-electron chi connectivity index (χ1n) is 9.60. The summed E-state index contributed by atoms with van der Waals surface area (Å²) in [6.45, 7) is 1.98. The maximum atomic E-state index is 13.0. The number of hydrogen-bond donors (Lipinski definition) is 1. The molecule has 3 aromatic rings. The highest BCUT2D eigenvalue weighted by Crippen LogP contribution is 2.43. The zero-order valence-electron chi connectivity index (χ0n) is 16.1. The predicted octanol–water partition coefficient (Wildman–Crippen LogP) is 4.09. The van der Waals surface area contributed by atoms with Gasteiger partial charge < -0.3 is 9.84 Å². The van der Waals surface area contributed by atoms with Crippen molar-refractivity contribution in [1.82, 2.24) is 4.98 Å². The minimum absolute atomic E-state index is 0.0633. The number of amides is 1. The van der Waals surface area contributed by atoms with Crippen molar-refractivity contribution in [1.29, 1.82) is 0 Å². The zero-order chi connectivity index (χ0) is 20.8. The molecular formula is C23H18N2O4S. The monoisotopic (exact) mass is 418 g/mol. The van der Waals surface area contributed by atoms with Crippen LogP contribution in [-0.4, -0.2) is 27.9 Å². The summed E-state index contributed by atoms with van der Waals surface area (Å²) in [4.78, 5) is 31.6. The van der Waals surface area contributed by atoms with Gasteiger partial charge in [0.25, 0.3) is 5.78 Å². The molecule has 0 aliphatic carbocycles. The Hall–Kier alpha value is -3.45. The van der Waals surface area contributed by atoms with Gasteiger partial charge in [-0.2, -0.15) is 0 Å². The molecule has 150 valence electrons. The van der Waals surface area contributed by atoms with Gasteiger partial charge >= 0.3 is 5.91 Å². The number of carbonyl (C=O) groups is 2. The summed E-state index contributed by atoms with van der Waals surface area (Å²) in [6.07, 6.45) is 2.38. The smallest absolute Gasteiger partial charge is 0.301 e. The Kier molecular flexibility index (Phi) is 4.40. The Labute approximate surface area is 177 Å². The molecular weight excluding hydrogens is 400 g/mol. The molecule has 30 heavy (non-hydrogen) atoms. The summed E-state index contributed by atoms with van der Waals surface area (Å²) in [7, 11) is 0. The number of rotatable bonds is 3. The van der Waals surface area contributed by atoms with Crippen molar-refractivity contribution in [3.05, 3.63) is 82.4 Å². The molecule has 3 heterocycles. The number of nitrogens with zero attached hydrogens (tertiary/aromatic N) is 2. The van der Waals surface area contributed by atoms with Crippen LogP contribution in [-0.2, 0) is 16.0 Å². The highest BCUT2D eigenvalue weighted by Gasteiger charge is 2.48. The lowest BCUT2D eigenvalue weighted by Crippen LogP contribution is -2.29. The van der Waals surface area contributed by atoms with Gasteiger partial charge in [0.15, 0.2) is 5.13 Å². The number of aliphatic hydroxyl groups is 1. The molecule has 0 radical (unpaired) electrons. The highest BCUT2D eigenvalue weighted by molar-refractivity contribution is 7.14. The van der Waals surface area contributed by atoms with Gasteiger partial charge in [-0.05, 0) is 36.2 Å². The van der Waals surface area contributed by atoms with Crippen LogP contribution in [0.1, 0.15) is 29.7 Å². The number of hydrogen-bond acceptors (Lipinski definition) is 6. The first-order valence-corrected chi connectivity index (χ1v) is 10.5. The maximum Gasteiger partial charge on any atom is 0.301 e. The molecule has 2 aromatic carbocycles. The van der Waals surface area contributed by atoms with Crippen LogP contribution in [0.5, 0.6) is 5.75 Å². The highest BCUT2D eigenvalue weighted by atomic mass is 32.1. The van der Waals surface area contributed by atoms with E-state index in [1.54, 1.807) is 23.7 Å². The van der Waals surface area contributed by atoms with E-state index in [0.717, 1.165) is 23.3 Å². The molecule has 1 N–H and O–H groups in total. The molecule has 6 nitrogen and oxygen atoms in total. The Bertz CT molecular complexity index is 1170. The molecule has 5 rings (SSSR count). The van der Waals surface area contributed by atoms with Crippen LogP contribution >= 0.6 is 11.3 Å². The number of aromatic nitrogens is 1. The standard InChI is InChI=1S/C23H18N2O4S/c1-13-11-16-12-15(7-8-17(16)29-13)20(26)18-19(14-5-3-2-4-6-14)25(22(28)21(18)27)23-24-9-10-30-23/h2-10,12-13,19,26H,11H2,1H3/b20-18+/t13-,19-/m0/s1. The summed E-state index contributed by atoms with van der Waals surface area (Å²) in [5.74, 6) is -0.828. The summed E-state index contributed by atoms with van der Waals surface area (Å²) in [5.41, 5.74) is 2.25. The molecule has 2 aliphatic heterocycles. The van der Waals surface area contributed by atoms with Gasteiger partial charge in [0, 0.05) is 23.6 Å². The maximum absolute atomic E-state index is 13.0. The molecule has 0 bridgehead atoms. The van der Waals surface area contributed by atoms with E-state index in [9.17, 15) is 14.7 Å². The fourth-order valence-electron chi connectivity index (χ4n) is 4.04. The van der Waals surface area contributed by atoms with Crippen LogP contribution in [0.2, 0.25) is 0 Å². The van der Waals surface area contributed by atoms with Gasteiger partial charge in [0.1, 0.15) is 17.6 Å². The molecule has 0 saturated carbocycles. The van der Waals surface area contributed by atoms with Crippen LogP contribution in [0, 0.1) is 0 Å². The van der Waals surface area contributed by atoms with Crippen molar-refractivity contribution in [2.45, 2.75) is 25.5 Å². The molecule has 1 fully saturated rings. The van der Waals surface area contributed by atoms with Crippen LogP contribution < -0.4 is 9.64 Å². The van der Waals surface area contributed by atoms with Crippen molar-refractivity contribution in [3.8, 4) is 5.75 Å². The summed E-state index contributed by atoms with van der Waals surface area (Å²) in [5, 5.41) is 13.3. The fraction of sp³-hybridized carbons (Fsp3) is 0.174. The van der Waals surface area contributed by atoms with E-state index < -0.39 is 17.7 Å². The minimum atomic E-state index is -0.749. The molecule has 1 aromatic heterocycles. The van der Waals surface area contributed by atoms with E-state index in [1.807, 2.05) is 43.3 Å². The second kappa shape index (κ2) is 7.11. The Morgan fingerprint density at radius 1 is 1.20 bits per heavy atom. The van der Waals surface area contributed by atoms with Crippen molar-refractivity contribution >= 4 is 33.9 Å². The molecule has 0 spiro atoms. The number of anilines is 1. The van der Waals surface area contributed by atoms with E-state index in [4.69, 9.17) is 4.74 Å². The van der Waals surface area contributed by atoms with Crippen LogP contribution in [0.3, 0.4) is 0 Å². The lowest BCUT2D eigenvalue weighted by Gasteiger charge is -2.22. The normalized spacial score (nSPS) is 22.2. The van der Waals surface area contributed by atoms with Gasteiger partial charge in [-0.25, -0.2) is 4.98 Å². The van der Waals surface area contributed by atoms with Crippen molar-refractivity contribution < 1.29 is 19.4 Å². The van der Waals surface area contributed by atoms with Crippen molar-refractivity contribution in [3.63, 3.8) is 0 Å². The second-order valence-corrected chi connectivity index (χ2v) is 8.22. The number of carbonyl (C=O) groups excluding carboxylic acids is 2. The topological polar surface area (TPSA) is 79.7 Å². The van der Waals surface area contributed by atoms with E-state index in [2.05, 4.69) is 4.98 Å². The first kappa shape index (κ1) is 18.6. The predicted molar refractivity (Wildman–Crippen MR) is 114 cm³/mol. The summed E-state index contributed by atoms with van der Waals surface area (Å²) >= 11 is 1.27. The lowest BCUT2D eigenvalue weighted by atomic mass is 9.94. The van der Waals surface area contributed by atoms with Crippen LogP contribution in [0.4, 0.5) is 5.13 Å². The Balaban J connectivity index is 1.68. The average Bonchev–Trinajstić information content (AvgIpc) is 3.46. The first-order chi connectivity index (χ1) is 14.5. The average molecular weight is 418 g/mol. The number of fused-ring (bicyclic) bond motifs is 1. The van der Waals surface area contributed by atoms with E-state index in [1.165, 1.54) is 16.2 Å². The van der Waals surface area contributed by atoms with Crippen molar-refractivity contribution in [2.75, 3.05) is 4.90 Å². The molecule has 2 aliphatic rings. The van der Waals surface area contributed by atoms with Gasteiger partial charge in [0.05, 0.1) is 11.6 Å². The quantitative estimate of drug-likeness (QED) is 0.394. The molecule has 1 amide bonds. The number of ketones is 1. The third kappa shape index (κ3) is 2.90. The summed E-state index contributed by atoms with van der Waals surface area (Å²) in [6, 6.07) is 13.8. The minimum Gasteiger partial charge on any atom is -0.507 e. The lowest BCUT2D eigenvalue weighted by molar-refractivity contribution is -0.132. The third-order valence-electron chi connectivity index (χ3n) is 5.35. The SMILES string of the molecule is C[C@H]1Cc2cc(/C(O)=C3\C(=O)C(=O)N(c4nccs4)[C@H]3c3ccccc3)ccc2O1. The number of benzene rings is 2. The number of Topliss-reactive ketones (excluding diaryl/α,β-unsaturated/α-hetero) is 1. The number of ether oxygens (including phenoxy) is 1. The van der Waals surface area contributed by atoms with E-state index in [-0.39, 0.29) is 17.4 Å². The fourth-order valence-corrected chi connectivity index (χ4v) is 4.71. The third-order valence-corrected chi connectivity index (χ3v) is 6.13. The molecule has 2 atom stereocenters. The Morgan fingerprint density at radius 3 is 2.73 bits per heavy atom. The zero-order valence-corrected chi connectivity index (χ0v) is 16.9. The van der Waals surface area contributed by atoms with Gasteiger partial charge in [-0.1, -0.05) is 30.3 Å². The molecule has 1 saturated heterocycles. The summed E-state index contributed by atoms with van der Waals surface area (Å²) < 4.78 is 5.73. The Morgan fingerprint density at radius 2 is 2.00 bits per heavy atom. The van der Waals surface area contributed by atoms with E-state index in [0.29, 0.717) is 10.7 Å². The van der Waals surface area contributed by atoms with E-state index >= 15 is 0 Å².